The molecule has 0 aromatic heterocycles. The van der Waals surface area contributed by atoms with E-state index in [0.29, 0.717) is 6.61 Å². The predicted molar refractivity (Wildman–Crippen MR) is 68.1 cm³/mol. The molecule has 1 aromatic carbocycles. The summed E-state index contributed by atoms with van der Waals surface area (Å²) < 4.78 is 37.2. The molecule has 2 rings (SSSR count). The van der Waals surface area contributed by atoms with Gasteiger partial charge in [0, 0.05) is 36.1 Å². The van der Waals surface area contributed by atoms with Crippen molar-refractivity contribution in [2.45, 2.75) is 36.8 Å². The van der Waals surface area contributed by atoms with E-state index in [1.807, 2.05) is 6.92 Å². The molecule has 1 aliphatic rings. The first kappa shape index (κ1) is 13.7. The zero-order valence-corrected chi connectivity index (χ0v) is 11.6. The number of benzene rings is 1. The smallest absolute Gasteiger partial charge is 0.129 e. The molecule has 1 aliphatic carbocycles. The Morgan fingerprint density at radius 2 is 1.94 bits per heavy atom. The maximum absolute atomic E-state index is 13.0. The standard InChI is InChI=1S/C13H15BrF2O2/c1-2-3-17-13-11(14)7-12(13)18-10-5-8(15)4-9(16)6-10/h4-6,11-13H,2-3,7H2,1H3. The number of halogens is 3. The Morgan fingerprint density at radius 1 is 1.28 bits per heavy atom. The predicted octanol–water partition coefficient (Wildman–Crippen LogP) is 3.67. The molecule has 1 aromatic rings. The molecule has 0 bridgehead atoms. The third kappa shape index (κ3) is 3.20. The van der Waals surface area contributed by atoms with Crippen LogP contribution >= 0.6 is 15.9 Å². The second-order valence-corrected chi connectivity index (χ2v) is 5.52. The summed E-state index contributed by atoms with van der Waals surface area (Å²) in [6.07, 6.45) is 1.49. The number of hydrogen-bond donors (Lipinski definition) is 0. The van der Waals surface area contributed by atoms with E-state index in [-0.39, 0.29) is 22.8 Å². The molecule has 2 nitrogen and oxygen atoms in total. The van der Waals surface area contributed by atoms with Crippen molar-refractivity contribution in [3.8, 4) is 5.75 Å². The maximum Gasteiger partial charge on any atom is 0.129 e. The number of hydrogen-bond acceptors (Lipinski definition) is 2. The van der Waals surface area contributed by atoms with Crippen molar-refractivity contribution in [3.05, 3.63) is 29.8 Å². The van der Waals surface area contributed by atoms with Crippen LogP contribution in [0.25, 0.3) is 0 Å². The molecule has 100 valence electrons. The molecule has 5 heteroatoms. The van der Waals surface area contributed by atoms with Crippen molar-refractivity contribution >= 4 is 15.9 Å². The molecule has 0 heterocycles. The first-order valence-corrected chi connectivity index (χ1v) is 6.90. The summed E-state index contributed by atoms with van der Waals surface area (Å²) in [5, 5.41) is 0. The second kappa shape index (κ2) is 5.97. The Labute approximate surface area is 113 Å². The first-order chi connectivity index (χ1) is 8.60. The number of alkyl halides is 1. The Kier molecular flexibility index (Phi) is 4.56. The minimum atomic E-state index is -0.634. The normalized spacial score (nSPS) is 26.8. The Hall–Kier alpha value is -0.680. The first-order valence-electron chi connectivity index (χ1n) is 5.98. The van der Waals surface area contributed by atoms with Gasteiger partial charge in [-0.05, 0) is 6.42 Å². The van der Waals surface area contributed by atoms with Gasteiger partial charge in [0.25, 0.3) is 0 Å². The van der Waals surface area contributed by atoms with Gasteiger partial charge in [0.15, 0.2) is 0 Å². The summed E-state index contributed by atoms with van der Waals surface area (Å²) >= 11 is 3.49. The van der Waals surface area contributed by atoms with E-state index in [1.54, 1.807) is 0 Å². The fourth-order valence-electron chi connectivity index (χ4n) is 1.88. The SMILES string of the molecule is CCCOC1C(Br)CC1Oc1cc(F)cc(F)c1. The molecule has 0 radical (unpaired) electrons. The monoisotopic (exact) mass is 320 g/mol. The molecule has 0 N–H and O–H groups in total. The fraction of sp³-hybridized carbons (Fsp3) is 0.538. The van der Waals surface area contributed by atoms with Crippen LogP contribution in [0.1, 0.15) is 19.8 Å². The molecule has 0 amide bonds. The fourth-order valence-corrected chi connectivity index (χ4v) is 2.74. The molecular weight excluding hydrogens is 306 g/mol. The van der Waals surface area contributed by atoms with Crippen LogP contribution in [0.4, 0.5) is 8.78 Å². The number of rotatable bonds is 5. The van der Waals surface area contributed by atoms with E-state index in [0.717, 1.165) is 18.9 Å². The quantitative estimate of drug-likeness (QED) is 0.771. The number of ether oxygens (including phenoxy) is 2. The van der Waals surface area contributed by atoms with E-state index in [4.69, 9.17) is 9.47 Å². The lowest BCUT2D eigenvalue weighted by Crippen LogP contribution is -2.52. The van der Waals surface area contributed by atoms with Crippen LogP contribution in [0.15, 0.2) is 18.2 Å². The average Bonchev–Trinajstić information content (AvgIpc) is 2.27. The molecule has 1 fully saturated rings. The minimum absolute atomic E-state index is 0.0590. The summed E-state index contributed by atoms with van der Waals surface area (Å²) in [5.74, 6) is -1.06. The second-order valence-electron chi connectivity index (χ2n) is 4.35. The summed E-state index contributed by atoms with van der Waals surface area (Å²) in [6, 6.07) is 3.19. The van der Waals surface area contributed by atoms with Crippen LogP contribution < -0.4 is 4.74 Å². The van der Waals surface area contributed by atoms with Crippen LogP contribution in [0.5, 0.6) is 5.75 Å². The zero-order valence-electron chi connectivity index (χ0n) is 10.0. The molecule has 3 atom stereocenters. The van der Waals surface area contributed by atoms with E-state index < -0.39 is 11.6 Å². The van der Waals surface area contributed by atoms with Gasteiger partial charge in [-0.3, -0.25) is 0 Å². The lowest BCUT2D eigenvalue weighted by Gasteiger charge is -2.40. The Morgan fingerprint density at radius 3 is 2.50 bits per heavy atom. The van der Waals surface area contributed by atoms with Crippen LogP contribution in [0.2, 0.25) is 0 Å². The molecule has 0 aliphatic heterocycles. The van der Waals surface area contributed by atoms with Crippen LogP contribution in [0.3, 0.4) is 0 Å². The van der Waals surface area contributed by atoms with Crippen molar-refractivity contribution in [3.63, 3.8) is 0 Å². The van der Waals surface area contributed by atoms with Crippen molar-refractivity contribution in [2.24, 2.45) is 0 Å². The van der Waals surface area contributed by atoms with Crippen molar-refractivity contribution in [1.29, 1.82) is 0 Å². The van der Waals surface area contributed by atoms with Crippen molar-refractivity contribution in [2.75, 3.05) is 6.61 Å². The highest BCUT2D eigenvalue weighted by molar-refractivity contribution is 9.09. The van der Waals surface area contributed by atoms with Gasteiger partial charge in [-0.15, -0.1) is 0 Å². The molecule has 0 saturated heterocycles. The van der Waals surface area contributed by atoms with Crippen LogP contribution in [-0.2, 0) is 4.74 Å². The Bertz CT molecular complexity index is 394. The molecule has 18 heavy (non-hydrogen) atoms. The van der Waals surface area contributed by atoms with Crippen LogP contribution in [-0.4, -0.2) is 23.6 Å². The van der Waals surface area contributed by atoms with Crippen LogP contribution in [0, 0.1) is 11.6 Å². The molecule has 3 unspecified atom stereocenters. The van der Waals surface area contributed by atoms with E-state index in [1.165, 1.54) is 12.1 Å². The summed E-state index contributed by atoms with van der Waals surface area (Å²) in [4.78, 5) is 0.243. The minimum Gasteiger partial charge on any atom is -0.487 e. The third-order valence-corrected chi connectivity index (χ3v) is 3.71. The Balaban J connectivity index is 1.96. The average molecular weight is 321 g/mol. The molecule has 0 spiro atoms. The van der Waals surface area contributed by atoms with Gasteiger partial charge < -0.3 is 9.47 Å². The van der Waals surface area contributed by atoms with Gasteiger partial charge in [-0.25, -0.2) is 8.78 Å². The highest BCUT2D eigenvalue weighted by Gasteiger charge is 2.42. The summed E-state index contributed by atoms with van der Waals surface area (Å²) in [7, 11) is 0. The van der Waals surface area contributed by atoms with Gasteiger partial charge in [0.1, 0.15) is 29.6 Å². The van der Waals surface area contributed by atoms with Gasteiger partial charge >= 0.3 is 0 Å². The zero-order chi connectivity index (χ0) is 13.1. The molecule has 1 saturated carbocycles. The highest BCUT2D eigenvalue weighted by atomic mass is 79.9. The highest BCUT2D eigenvalue weighted by Crippen LogP contribution is 2.34. The van der Waals surface area contributed by atoms with Gasteiger partial charge in [-0.2, -0.15) is 0 Å². The molecular formula is C13H15BrF2O2. The van der Waals surface area contributed by atoms with E-state index in [9.17, 15) is 8.78 Å². The largest absolute Gasteiger partial charge is 0.487 e. The third-order valence-electron chi connectivity index (χ3n) is 2.82. The lowest BCUT2D eigenvalue weighted by atomic mass is 9.91. The van der Waals surface area contributed by atoms with Gasteiger partial charge in [0.05, 0.1) is 0 Å². The lowest BCUT2D eigenvalue weighted by molar-refractivity contribution is -0.0763. The van der Waals surface area contributed by atoms with Gasteiger partial charge in [0.2, 0.25) is 0 Å². The van der Waals surface area contributed by atoms with E-state index >= 15 is 0 Å². The van der Waals surface area contributed by atoms with Gasteiger partial charge in [-0.1, -0.05) is 22.9 Å². The maximum atomic E-state index is 13.0. The topological polar surface area (TPSA) is 18.5 Å². The van der Waals surface area contributed by atoms with Crippen molar-refractivity contribution < 1.29 is 18.3 Å². The van der Waals surface area contributed by atoms with E-state index in [2.05, 4.69) is 15.9 Å². The van der Waals surface area contributed by atoms with Crippen molar-refractivity contribution in [1.82, 2.24) is 0 Å². The summed E-state index contributed by atoms with van der Waals surface area (Å²) in [5.41, 5.74) is 0. The summed E-state index contributed by atoms with van der Waals surface area (Å²) in [6.45, 7) is 2.68.